The van der Waals surface area contributed by atoms with Gasteiger partial charge in [-0.25, -0.2) is 0 Å². The van der Waals surface area contributed by atoms with E-state index in [1.54, 1.807) is 12.2 Å². The average molecular weight is 380 g/mol. The molecule has 1 heterocycles. The van der Waals surface area contributed by atoms with E-state index in [9.17, 15) is 20.1 Å². The Morgan fingerprint density at radius 3 is 2.59 bits per heavy atom. The Hall–Kier alpha value is -2.17. The minimum absolute atomic E-state index is 0.176. The van der Waals surface area contributed by atoms with Crippen LogP contribution >= 0.6 is 0 Å². The molecule has 8 nitrogen and oxygen atoms in total. The molecule has 0 aliphatic carbocycles. The Kier molecular flexibility index (Phi) is 10.4. The summed E-state index contributed by atoms with van der Waals surface area (Å²) < 4.78 is 15.1. The second-order valence-corrected chi connectivity index (χ2v) is 5.52. The minimum Gasteiger partial charge on any atom is -0.469 e. The zero-order valence-electron chi connectivity index (χ0n) is 14.9. The van der Waals surface area contributed by atoms with Crippen LogP contribution in [0.1, 0.15) is 12.8 Å². The Labute approximate surface area is 158 Å². The topological polar surface area (TPSA) is 126 Å². The molecule has 0 radical (unpaired) electrons. The van der Waals surface area contributed by atoms with Gasteiger partial charge in [-0.2, -0.15) is 0 Å². The van der Waals surface area contributed by atoms with Crippen molar-refractivity contribution < 1.29 is 39.4 Å². The highest BCUT2D eigenvalue weighted by atomic mass is 16.7. The molecule has 0 saturated carbocycles. The molecular formula is C19H24O8. The molecule has 0 aromatic heterocycles. The Morgan fingerprint density at radius 2 is 1.96 bits per heavy atom. The Morgan fingerprint density at radius 1 is 1.22 bits per heavy atom. The fourth-order valence-electron chi connectivity index (χ4n) is 2.08. The third-order valence-electron chi connectivity index (χ3n) is 3.61. The smallest absolute Gasteiger partial charge is 0.309 e. The summed E-state index contributed by atoms with van der Waals surface area (Å²) >= 11 is 0. The number of methoxy groups -OCH3 is 1. The van der Waals surface area contributed by atoms with Gasteiger partial charge >= 0.3 is 5.97 Å². The lowest BCUT2D eigenvalue weighted by Gasteiger charge is -2.40. The Bertz CT molecular complexity index is 634. The van der Waals surface area contributed by atoms with Crippen LogP contribution in [0.15, 0.2) is 24.8 Å². The van der Waals surface area contributed by atoms with Gasteiger partial charge in [0.2, 0.25) is 0 Å². The van der Waals surface area contributed by atoms with Crippen LogP contribution in [0.2, 0.25) is 0 Å². The molecule has 1 rings (SSSR count). The van der Waals surface area contributed by atoms with Gasteiger partial charge in [0.25, 0.3) is 0 Å². The molecule has 0 aromatic rings. The molecule has 0 unspecified atom stereocenters. The van der Waals surface area contributed by atoms with E-state index in [0.29, 0.717) is 6.42 Å². The van der Waals surface area contributed by atoms with Crippen LogP contribution < -0.4 is 0 Å². The predicted molar refractivity (Wildman–Crippen MR) is 94.8 cm³/mol. The Balaban J connectivity index is 2.56. The van der Waals surface area contributed by atoms with Crippen molar-refractivity contribution in [3.05, 3.63) is 24.8 Å². The molecule has 1 fully saturated rings. The number of aliphatic hydroxyl groups excluding tert-OH is 4. The summed E-state index contributed by atoms with van der Waals surface area (Å²) in [5.74, 6) is 10.2. The number of carbonyl (C=O) groups excluding carboxylic acids is 1. The molecule has 8 heteroatoms. The van der Waals surface area contributed by atoms with Crippen molar-refractivity contribution in [1.82, 2.24) is 0 Å². The summed E-state index contributed by atoms with van der Waals surface area (Å²) in [7, 11) is 1.31. The monoisotopic (exact) mass is 380 g/mol. The zero-order chi connectivity index (χ0) is 20.2. The van der Waals surface area contributed by atoms with Crippen molar-refractivity contribution in [2.45, 2.75) is 49.7 Å². The third kappa shape index (κ3) is 7.53. The number of rotatable bonds is 7. The normalized spacial score (nSPS) is 28.4. The number of carbonyl (C=O) groups is 1. The lowest BCUT2D eigenvalue weighted by atomic mass is 9.99. The molecule has 0 aromatic carbocycles. The second kappa shape index (κ2) is 12.3. The van der Waals surface area contributed by atoms with Crippen molar-refractivity contribution in [1.29, 1.82) is 0 Å². The number of esters is 1. The standard InChI is InChI=1S/C19H24O8/c1-3-13(10-8-6-4-5-7-9-11-15(21)25-2)26-19-18(24)17(23)16(22)14(12-20)27-19/h3,7,9,13-14,16-20,22-24H,1,5,11-12H2,2H3/b9-7-/t13-,14-,16-,17+,18-,19-/m1/s1. The highest BCUT2D eigenvalue weighted by Crippen LogP contribution is 2.22. The predicted octanol–water partition coefficient (Wildman–Crippen LogP) is -1.13. The molecule has 6 atom stereocenters. The van der Waals surface area contributed by atoms with E-state index >= 15 is 0 Å². The van der Waals surface area contributed by atoms with E-state index in [-0.39, 0.29) is 12.4 Å². The SMILES string of the molecule is C=C[C@H](C#CC#CC/C=C\CC(=O)OC)O[C@@H]1O[C@H](CO)[C@@H](O)[C@H](O)[C@H]1O. The van der Waals surface area contributed by atoms with Crippen LogP contribution in [0.4, 0.5) is 0 Å². The van der Waals surface area contributed by atoms with E-state index in [1.165, 1.54) is 13.2 Å². The third-order valence-corrected chi connectivity index (χ3v) is 3.61. The molecule has 4 N–H and O–H groups in total. The van der Waals surface area contributed by atoms with Gasteiger partial charge in [-0.05, 0) is 11.8 Å². The molecule has 1 aliphatic heterocycles. The zero-order valence-corrected chi connectivity index (χ0v) is 14.9. The van der Waals surface area contributed by atoms with Crippen LogP contribution in [0.3, 0.4) is 0 Å². The summed E-state index contributed by atoms with van der Waals surface area (Å²) in [6, 6.07) is 0. The van der Waals surface area contributed by atoms with Crippen molar-refractivity contribution >= 4 is 5.97 Å². The van der Waals surface area contributed by atoms with Crippen molar-refractivity contribution in [2.24, 2.45) is 0 Å². The molecule has 0 bridgehead atoms. The van der Waals surface area contributed by atoms with Crippen molar-refractivity contribution in [3.63, 3.8) is 0 Å². The van der Waals surface area contributed by atoms with Gasteiger partial charge in [0.15, 0.2) is 6.29 Å². The van der Waals surface area contributed by atoms with E-state index < -0.39 is 43.4 Å². The summed E-state index contributed by atoms with van der Waals surface area (Å²) in [6.45, 7) is 3.01. The first-order valence-corrected chi connectivity index (χ1v) is 8.23. The fourth-order valence-corrected chi connectivity index (χ4v) is 2.08. The molecule has 27 heavy (non-hydrogen) atoms. The largest absolute Gasteiger partial charge is 0.469 e. The van der Waals surface area contributed by atoms with Crippen LogP contribution in [-0.2, 0) is 19.0 Å². The number of allylic oxidation sites excluding steroid dienone is 1. The first kappa shape index (κ1) is 22.9. The molecule has 148 valence electrons. The average Bonchev–Trinajstić information content (AvgIpc) is 2.68. The number of ether oxygens (including phenoxy) is 3. The summed E-state index contributed by atoms with van der Waals surface area (Å²) in [4.78, 5) is 10.9. The molecule has 0 amide bonds. The molecule has 0 spiro atoms. The number of aliphatic hydroxyl groups is 4. The summed E-state index contributed by atoms with van der Waals surface area (Å²) in [6.07, 6.45) is -2.44. The lowest BCUT2D eigenvalue weighted by molar-refractivity contribution is -0.303. The van der Waals surface area contributed by atoms with Gasteiger partial charge < -0.3 is 34.6 Å². The summed E-state index contributed by atoms with van der Waals surface area (Å²) in [5, 5.41) is 38.5. The van der Waals surface area contributed by atoms with Crippen LogP contribution in [0.25, 0.3) is 0 Å². The highest BCUT2D eigenvalue weighted by Gasteiger charge is 2.44. The van der Waals surface area contributed by atoms with E-state index in [2.05, 4.69) is 35.0 Å². The van der Waals surface area contributed by atoms with Gasteiger partial charge in [0, 0.05) is 6.42 Å². The lowest BCUT2D eigenvalue weighted by Crippen LogP contribution is -2.59. The fraction of sp³-hybridized carbons (Fsp3) is 0.526. The summed E-state index contributed by atoms with van der Waals surface area (Å²) in [5.41, 5.74) is 0. The number of hydrogen-bond donors (Lipinski definition) is 4. The van der Waals surface area contributed by atoms with Crippen molar-refractivity contribution in [3.8, 4) is 23.7 Å². The minimum atomic E-state index is -1.53. The molecule has 1 saturated heterocycles. The first-order valence-electron chi connectivity index (χ1n) is 8.23. The second-order valence-electron chi connectivity index (χ2n) is 5.52. The highest BCUT2D eigenvalue weighted by molar-refractivity contribution is 5.70. The van der Waals surface area contributed by atoms with Crippen LogP contribution in [0, 0.1) is 23.7 Å². The number of hydrogen-bond acceptors (Lipinski definition) is 8. The van der Waals surface area contributed by atoms with Crippen LogP contribution in [-0.4, -0.2) is 76.9 Å². The van der Waals surface area contributed by atoms with Crippen molar-refractivity contribution in [2.75, 3.05) is 13.7 Å². The maximum absolute atomic E-state index is 10.9. The quantitative estimate of drug-likeness (QED) is 0.248. The molecule has 1 aliphatic rings. The van der Waals surface area contributed by atoms with E-state index in [0.717, 1.165) is 0 Å². The van der Waals surface area contributed by atoms with Gasteiger partial charge in [-0.15, -0.1) is 0 Å². The van der Waals surface area contributed by atoms with Gasteiger partial charge in [-0.1, -0.05) is 36.6 Å². The van der Waals surface area contributed by atoms with E-state index in [4.69, 9.17) is 14.6 Å². The van der Waals surface area contributed by atoms with E-state index in [1.807, 2.05) is 0 Å². The molecular weight excluding hydrogens is 356 g/mol. The van der Waals surface area contributed by atoms with Gasteiger partial charge in [-0.3, -0.25) is 4.79 Å². The van der Waals surface area contributed by atoms with Gasteiger partial charge in [0.1, 0.15) is 30.5 Å². The maximum Gasteiger partial charge on any atom is 0.309 e. The first-order chi connectivity index (χ1) is 12.9. The maximum atomic E-state index is 10.9. The van der Waals surface area contributed by atoms with Gasteiger partial charge in [0.05, 0.1) is 20.1 Å². The van der Waals surface area contributed by atoms with Crippen LogP contribution in [0.5, 0.6) is 0 Å².